The van der Waals surface area contributed by atoms with E-state index in [9.17, 15) is 9.59 Å². The minimum absolute atomic E-state index is 0.376. The zero-order valence-corrected chi connectivity index (χ0v) is 14.2. The summed E-state index contributed by atoms with van der Waals surface area (Å²) < 4.78 is 10.7. The monoisotopic (exact) mass is 336 g/mol. The first kappa shape index (κ1) is 18.2. The van der Waals surface area contributed by atoms with Gasteiger partial charge < -0.3 is 9.47 Å². The highest BCUT2D eigenvalue weighted by Gasteiger charge is 2.32. The van der Waals surface area contributed by atoms with Gasteiger partial charge in [0.15, 0.2) is 5.92 Å². The molecule has 0 amide bonds. The van der Waals surface area contributed by atoms with Crippen molar-refractivity contribution in [2.75, 3.05) is 0 Å². The first-order valence-electron chi connectivity index (χ1n) is 7.98. The van der Waals surface area contributed by atoms with Crippen LogP contribution in [0.2, 0.25) is 0 Å². The molecular weight excluding hydrogens is 316 g/mol. The van der Waals surface area contributed by atoms with Crippen LogP contribution in [0.1, 0.15) is 25.3 Å². The molecule has 25 heavy (non-hydrogen) atoms. The highest BCUT2D eigenvalue weighted by atomic mass is 16.6. The summed E-state index contributed by atoms with van der Waals surface area (Å²) in [6, 6.07) is 17.4. The molecule has 0 aliphatic heterocycles. The Balaban J connectivity index is 2.27. The zero-order valence-electron chi connectivity index (χ0n) is 14.2. The van der Waals surface area contributed by atoms with E-state index in [-0.39, 0.29) is 0 Å². The maximum absolute atomic E-state index is 12.6. The molecule has 0 aliphatic rings. The SMILES string of the molecule is C/C=C\C(=C/C)OC(=O)C(C(=O)Oc1ccccc1)c1ccccc1. The summed E-state index contributed by atoms with van der Waals surface area (Å²) in [6.45, 7) is 3.57. The smallest absolute Gasteiger partial charge is 0.330 e. The van der Waals surface area contributed by atoms with Gasteiger partial charge in [-0.05, 0) is 43.7 Å². The first-order chi connectivity index (χ1) is 12.2. The molecule has 0 aliphatic carbocycles. The molecule has 0 radical (unpaired) electrons. The van der Waals surface area contributed by atoms with Crippen LogP contribution in [0, 0.1) is 0 Å². The van der Waals surface area contributed by atoms with Gasteiger partial charge in [-0.1, -0.05) is 54.6 Å². The summed E-state index contributed by atoms with van der Waals surface area (Å²) in [5.41, 5.74) is 0.518. The minimum Gasteiger partial charge on any atom is -0.426 e. The van der Waals surface area contributed by atoms with Crippen molar-refractivity contribution in [3.8, 4) is 5.75 Å². The second kappa shape index (κ2) is 9.23. The lowest BCUT2D eigenvalue weighted by atomic mass is 9.99. The van der Waals surface area contributed by atoms with Gasteiger partial charge in [0, 0.05) is 0 Å². The van der Waals surface area contributed by atoms with E-state index in [1.807, 2.05) is 19.1 Å². The molecule has 0 spiro atoms. The summed E-state index contributed by atoms with van der Waals surface area (Å²) in [6.07, 6.45) is 5.06. The Morgan fingerprint density at radius 1 is 0.880 bits per heavy atom. The summed E-state index contributed by atoms with van der Waals surface area (Å²) >= 11 is 0. The highest BCUT2D eigenvalue weighted by Crippen LogP contribution is 2.22. The molecule has 2 aromatic carbocycles. The van der Waals surface area contributed by atoms with Crippen molar-refractivity contribution in [3.63, 3.8) is 0 Å². The molecule has 1 atom stereocenters. The minimum atomic E-state index is -1.17. The Labute approximate surface area is 147 Å². The molecule has 2 rings (SSSR count). The fourth-order valence-corrected chi connectivity index (χ4v) is 2.21. The quantitative estimate of drug-likeness (QED) is 0.258. The van der Waals surface area contributed by atoms with Crippen molar-refractivity contribution in [2.24, 2.45) is 0 Å². The molecule has 0 aromatic heterocycles. The molecule has 0 bridgehead atoms. The topological polar surface area (TPSA) is 52.6 Å². The van der Waals surface area contributed by atoms with Gasteiger partial charge in [0.25, 0.3) is 0 Å². The van der Waals surface area contributed by atoms with Gasteiger partial charge in [0.05, 0.1) is 0 Å². The fourth-order valence-electron chi connectivity index (χ4n) is 2.21. The molecule has 128 valence electrons. The van der Waals surface area contributed by atoms with Crippen LogP contribution in [0.3, 0.4) is 0 Å². The number of esters is 2. The van der Waals surface area contributed by atoms with Crippen LogP contribution >= 0.6 is 0 Å². The van der Waals surface area contributed by atoms with Crippen molar-refractivity contribution >= 4 is 11.9 Å². The predicted octanol–water partition coefficient (Wildman–Crippen LogP) is 4.40. The molecule has 4 nitrogen and oxygen atoms in total. The number of hydrogen-bond acceptors (Lipinski definition) is 4. The standard InChI is InChI=1S/C21H20O4/c1-3-11-17(4-2)24-20(22)19(16-12-7-5-8-13-16)21(23)25-18-14-9-6-10-15-18/h3-15,19H,1-2H3/b11-3-,17-4+. The number of hydrogen-bond donors (Lipinski definition) is 0. The van der Waals surface area contributed by atoms with Crippen molar-refractivity contribution in [3.05, 3.63) is 90.2 Å². The molecule has 4 heteroatoms. The van der Waals surface area contributed by atoms with Gasteiger partial charge in [-0.3, -0.25) is 9.59 Å². The number of ether oxygens (including phenoxy) is 2. The van der Waals surface area contributed by atoms with Gasteiger partial charge in [0.1, 0.15) is 11.5 Å². The summed E-state index contributed by atoms with van der Waals surface area (Å²) in [5.74, 6) is -1.78. The Hall–Kier alpha value is -3.14. The third-order valence-corrected chi connectivity index (χ3v) is 3.40. The third-order valence-electron chi connectivity index (χ3n) is 3.40. The summed E-state index contributed by atoms with van der Waals surface area (Å²) in [5, 5.41) is 0. The fraction of sp³-hybridized carbons (Fsp3) is 0.143. The van der Waals surface area contributed by atoms with E-state index in [1.165, 1.54) is 0 Å². The molecule has 0 heterocycles. The molecule has 2 aromatic rings. The molecule has 1 unspecified atom stereocenters. The van der Waals surface area contributed by atoms with Crippen LogP contribution in [0.15, 0.2) is 84.7 Å². The van der Waals surface area contributed by atoms with Crippen LogP contribution in [-0.2, 0) is 14.3 Å². The van der Waals surface area contributed by atoms with Gasteiger partial charge in [0.2, 0.25) is 0 Å². The number of allylic oxidation sites excluding steroid dienone is 3. The lowest BCUT2D eigenvalue weighted by Gasteiger charge is -2.15. The van der Waals surface area contributed by atoms with Crippen LogP contribution in [0.4, 0.5) is 0 Å². The second-order valence-corrected chi connectivity index (χ2v) is 5.19. The number of benzene rings is 2. The van der Waals surface area contributed by atoms with Crippen molar-refractivity contribution in [1.29, 1.82) is 0 Å². The van der Waals surface area contributed by atoms with Crippen LogP contribution < -0.4 is 4.74 Å². The average molecular weight is 336 g/mol. The number of rotatable bonds is 6. The van der Waals surface area contributed by atoms with E-state index in [1.54, 1.807) is 73.7 Å². The molecule has 0 saturated carbocycles. The lowest BCUT2D eigenvalue weighted by Crippen LogP contribution is -2.27. The van der Waals surface area contributed by atoms with Gasteiger partial charge >= 0.3 is 11.9 Å². The summed E-state index contributed by atoms with van der Waals surface area (Å²) in [7, 11) is 0. The molecule has 0 fully saturated rings. The normalized spacial score (nSPS) is 12.6. The molecular formula is C21H20O4. The molecule has 0 N–H and O–H groups in total. The Morgan fingerprint density at radius 2 is 1.48 bits per heavy atom. The Kier molecular flexibility index (Phi) is 6.72. The van der Waals surface area contributed by atoms with E-state index in [4.69, 9.17) is 9.47 Å². The number of carbonyl (C=O) groups is 2. The Morgan fingerprint density at radius 3 is 2.04 bits per heavy atom. The van der Waals surface area contributed by atoms with Crippen molar-refractivity contribution in [2.45, 2.75) is 19.8 Å². The predicted molar refractivity (Wildman–Crippen MR) is 95.9 cm³/mol. The van der Waals surface area contributed by atoms with Gasteiger partial charge in [-0.2, -0.15) is 0 Å². The zero-order chi connectivity index (χ0) is 18.1. The lowest BCUT2D eigenvalue weighted by molar-refractivity contribution is -0.149. The summed E-state index contributed by atoms with van der Waals surface area (Å²) in [4.78, 5) is 25.2. The maximum Gasteiger partial charge on any atom is 0.330 e. The van der Waals surface area contributed by atoms with E-state index in [0.717, 1.165) is 0 Å². The molecule has 0 saturated heterocycles. The van der Waals surface area contributed by atoms with E-state index < -0.39 is 17.9 Å². The van der Waals surface area contributed by atoms with Gasteiger partial charge in [-0.25, -0.2) is 0 Å². The van der Waals surface area contributed by atoms with E-state index in [0.29, 0.717) is 17.1 Å². The number of carbonyl (C=O) groups excluding carboxylic acids is 2. The Bertz CT molecular complexity index is 761. The van der Waals surface area contributed by atoms with Crippen LogP contribution in [0.25, 0.3) is 0 Å². The first-order valence-corrected chi connectivity index (χ1v) is 7.98. The van der Waals surface area contributed by atoms with Crippen molar-refractivity contribution < 1.29 is 19.1 Å². The number of para-hydroxylation sites is 1. The van der Waals surface area contributed by atoms with E-state index >= 15 is 0 Å². The van der Waals surface area contributed by atoms with E-state index in [2.05, 4.69) is 0 Å². The van der Waals surface area contributed by atoms with Crippen molar-refractivity contribution in [1.82, 2.24) is 0 Å². The van der Waals surface area contributed by atoms with Crippen LogP contribution in [0.5, 0.6) is 5.75 Å². The van der Waals surface area contributed by atoms with Crippen LogP contribution in [-0.4, -0.2) is 11.9 Å². The van der Waals surface area contributed by atoms with Gasteiger partial charge in [-0.15, -0.1) is 0 Å². The largest absolute Gasteiger partial charge is 0.426 e. The second-order valence-electron chi connectivity index (χ2n) is 5.19. The average Bonchev–Trinajstić information content (AvgIpc) is 2.63. The highest BCUT2D eigenvalue weighted by molar-refractivity contribution is 6.02. The maximum atomic E-state index is 12.6. The third kappa shape index (κ3) is 5.18.